The van der Waals surface area contributed by atoms with Gasteiger partial charge in [-0.15, -0.1) is 5.10 Å². The monoisotopic (exact) mass is 575 g/mol. The van der Waals surface area contributed by atoms with Crippen LogP contribution in [0.4, 0.5) is 18.0 Å². The molecule has 0 aliphatic rings. The van der Waals surface area contributed by atoms with Crippen LogP contribution >= 0.6 is 23.2 Å². The number of carbonyl (C=O) groups excluding carboxylic acids is 1. The molecule has 0 radical (unpaired) electrons. The smallest absolute Gasteiger partial charge is 0.416 e. The molecule has 3 aromatic rings. The van der Waals surface area contributed by atoms with E-state index in [4.69, 9.17) is 28.3 Å². The lowest BCUT2D eigenvalue weighted by atomic mass is 9.91. The Hall–Kier alpha value is -3.55. The highest BCUT2D eigenvalue weighted by Gasteiger charge is 2.39. The van der Waals surface area contributed by atoms with E-state index in [1.165, 1.54) is 31.2 Å². The average molecular weight is 576 g/mol. The molecule has 2 aromatic carbocycles. The molecule has 2 amide bonds. The van der Waals surface area contributed by atoms with E-state index in [9.17, 15) is 32.7 Å². The number of rotatable bonds is 9. The molecule has 0 unspecified atom stereocenters. The molecule has 15 heteroatoms. The highest BCUT2D eigenvalue weighted by Crippen LogP contribution is 2.28. The quantitative estimate of drug-likeness (QED) is 0.309. The number of alkyl halides is 3. The van der Waals surface area contributed by atoms with Gasteiger partial charge in [0.2, 0.25) is 5.91 Å². The van der Waals surface area contributed by atoms with Gasteiger partial charge < -0.3 is 20.8 Å². The lowest BCUT2D eigenvalue weighted by molar-refractivity contribution is -0.207. The van der Waals surface area contributed by atoms with Crippen molar-refractivity contribution in [2.45, 2.75) is 37.8 Å². The summed E-state index contributed by atoms with van der Waals surface area (Å²) < 4.78 is 40.4. The molecule has 4 N–H and O–H groups in total. The molecule has 0 saturated heterocycles. The second kappa shape index (κ2) is 11.5. The van der Waals surface area contributed by atoms with Crippen LogP contribution in [0.5, 0.6) is 0 Å². The van der Waals surface area contributed by atoms with Crippen LogP contribution in [0.3, 0.4) is 0 Å². The number of amides is 2. The average Bonchev–Trinajstić information content (AvgIpc) is 3.12. The Kier molecular flexibility index (Phi) is 8.75. The van der Waals surface area contributed by atoms with E-state index in [2.05, 4.69) is 15.7 Å². The van der Waals surface area contributed by atoms with E-state index in [-0.39, 0.29) is 23.0 Å². The van der Waals surface area contributed by atoms with Gasteiger partial charge in [0.25, 0.3) is 0 Å². The van der Waals surface area contributed by atoms with Crippen molar-refractivity contribution >= 4 is 35.2 Å². The van der Waals surface area contributed by atoms with E-state index in [1.54, 1.807) is 24.3 Å². The normalized spacial score (nSPS) is 14.0. The summed E-state index contributed by atoms with van der Waals surface area (Å²) in [6, 6.07) is 12.1. The van der Waals surface area contributed by atoms with Crippen molar-refractivity contribution in [3.05, 3.63) is 74.6 Å². The summed E-state index contributed by atoms with van der Waals surface area (Å²) >= 11 is 12.1. The summed E-state index contributed by atoms with van der Waals surface area (Å²) in [5.74, 6) is -1.05. The number of hydrogen-bond donors (Lipinski definition) is 4. The first-order chi connectivity index (χ1) is 17.7. The van der Waals surface area contributed by atoms with Gasteiger partial charge in [-0.25, -0.2) is 14.3 Å². The first kappa shape index (κ1) is 29.0. The maximum atomic E-state index is 13.0. The minimum Gasteiger partial charge on any atom is -0.465 e. The Labute approximate surface area is 223 Å². The third-order valence-electron chi connectivity index (χ3n) is 5.53. The fraction of sp³-hybridized carbons (Fsp3) is 0.304. The van der Waals surface area contributed by atoms with Crippen LogP contribution in [0.15, 0.2) is 53.3 Å². The van der Waals surface area contributed by atoms with Crippen molar-refractivity contribution in [3.8, 4) is 11.4 Å². The summed E-state index contributed by atoms with van der Waals surface area (Å²) in [7, 11) is 0. The van der Waals surface area contributed by atoms with Crippen LogP contribution in [-0.4, -0.2) is 55.4 Å². The molecule has 10 nitrogen and oxygen atoms in total. The molecule has 38 heavy (non-hydrogen) atoms. The molecule has 0 saturated carbocycles. The third-order valence-corrected chi connectivity index (χ3v) is 6.11. The molecular formula is C23H22Cl2F3N5O5. The zero-order valence-electron chi connectivity index (χ0n) is 19.7. The SMILES string of the molecule is C[C@@](CNC(=O)O)(NC(=O)Cn1nc(-c2ccc(Cl)cc2)n(C[C@H](O)C(F)(F)F)c1=O)c1ccccc1Cl. The Morgan fingerprint density at radius 2 is 1.74 bits per heavy atom. The molecule has 2 atom stereocenters. The van der Waals surface area contributed by atoms with Gasteiger partial charge in [0.05, 0.1) is 12.1 Å². The molecule has 3 rings (SSSR count). The first-order valence-electron chi connectivity index (χ1n) is 10.9. The molecule has 0 bridgehead atoms. The van der Waals surface area contributed by atoms with Gasteiger partial charge in [0, 0.05) is 22.2 Å². The van der Waals surface area contributed by atoms with Crippen LogP contribution in [0, 0.1) is 0 Å². The van der Waals surface area contributed by atoms with Gasteiger partial charge in [-0.3, -0.25) is 9.36 Å². The highest BCUT2D eigenvalue weighted by molar-refractivity contribution is 6.31. The van der Waals surface area contributed by atoms with E-state index < -0.39 is 48.6 Å². The Morgan fingerprint density at radius 3 is 2.32 bits per heavy atom. The summed E-state index contributed by atoms with van der Waals surface area (Å²) in [6.07, 6.45) is -9.24. The Bertz CT molecular complexity index is 1380. The van der Waals surface area contributed by atoms with Crippen molar-refractivity contribution in [1.29, 1.82) is 0 Å². The van der Waals surface area contributed by atoms with Crippen molar-refractivity contribution < 1.29 is 33.0 Å². The molecule has 0 spiro atoms. The zero-order valence-corrected chi connectivity index (χ0v) is 21.2. The number of halogens is 5. The predicted molar refractivity (Wildman–Crippen MR) is 132 cm³/mol. The molecule has 204 valence electrons. The fourth-order valence-electron chi connectivity index (χ4n) is 3.65. The fourth-order valence-corrected chi connectivity index (χ4v) is 4.12. The topological polar surface area (TPSA) is 138 Å². The largest absolute Gasteiger partial charge is 0.465 e. The second-order valence-electron chi connectivity index (χ2n) is 8.46. The van der Waals surface area contributed by atoms with Crippen molar-refractivity contribution in [2.75, 3.05) is 6.54 Å². The van der Waals surface area contributed by atoms with Crippen molar-refractivity contribution in [3.63, 3.8) is 0 Å². The summed E-state index contributed by atoms with van der Waals surface area (Å²) in [4.78, 5) is 37.1. The summed E-state index contributed by atoms with van der Waals surface area (Å²) in [5.41, 5.74) is -1.87. The van der Waals surface area contributed by atoms with Crippen molar-refractivity contribution in [1.82, 2.24) is 25.0 Å². The van der Waals surface area contributed by atoms with E-state index >= 15 is 0 Å². The number of hydrogen-bond acceptors (Lipinski definition) is 5. The standard InChI is InChI=1S/C23H22Cl2F3N5O5/c1-22(12-29-20(36)37,15-4-2-3-5-16(15)25)30-18(35)11-33-21(38)32(10-17(34)23(26,27)28)19(31-33)13-6-8-14(24)9-7-13/h2-9,17,29,34H,10-12H2,1H3,(H,30,35)(H,36,37)/t17-,22-/m0/s1. The minimum absolute atomic E-state index is 0.214. The van der Waals surface area contributed by atoms with Crippen LogP contribution < -0.4 is 16.3 Å². The lowest BCUT2D eigenvalue weighted by Gasteiger charge is -2.32. The Balaban J connectivity index is 1.96. The number of carbonyl (C=O) groups is 2. The molecule has 0 fully saturated rings. The molecule has 0 aliphatic carbocycles. The zero-order chi connectivity index (χ0) is 28.3. The van der Waals surface area contributed by atoms with Gasteiger partial charge >= 0.3 is 18.0 Å². The van der Waals surface area contributed by atoms with Gasteiger partial charge in [-0.05, 0) is 42.8 Å². The van der Waals surface area contributed by atoms with E-state index in [1.807, 2.05) is 0 Å². The predicted octanol–water partition coefficient (Wildman–Crippen LogP) is 3.24. The third kappa shape index (κ3) is 6.85. The van der Waals surface area contributed by atoms with Gasteiger partial charge in [0.1, 0.15) is 6.54 Å². The number of carboxylic acid groups (broad SMARTS) is 1. The summed E-state index contributed by atoms with van der Waals surface area (Å²) in [5, 5.41) is 28.0. The number of aliphatic hydroxyl groups excluding tert-OH is 1. The van der Waals surface area contributed by atoms with Crippen LogP contribution in [0.1, 0.15) is 12.5 Å². The van der Waals surface area contributed by atoms with Crippen LogP contribution in [0.25, 0.3) is 11.4 Å². The number of nitrogens with zero attached hydrogens (tertiary/aromatic N) is 3. The second-order valence-corrected chi connectivity index (χ2v) is 9.30. The number of nitrogens with one attached hydrogen (secondary N) is 2. The van der Waals surface area contributed by atoms with E-state index in [0.717, 1.165) is 0 Å². The molecule has 1 aromatic heterocycles. The minimum atomic E-state index is -5.01. The molecule has 1 heterocycles. The first-order valence-corrected chi connectivity index (χ1v) is 11.7. The maximum absolute atomic E-state index is 13.0. The highest BCUT2D eigenvalue weighted by atomic mass is 35.5. The van der Waals surface area contributed by atoms with E-state index in [0.29, 0.717) is 19.8 Å². The van der Waals surface area contributed by atoms with Crippen molar-refractivity contribution in [2.24, 2.45) is 0 Å². The Morgan fingerprint density at radius 1 is 1.11 bits per heavy atom. The van der Waals surface area contributed by atoms with Crippen LogP contribution in [-0.2, 0) is 23.4 Å². The van der Waals surface area contributed by atoms with Gasteiger partial charge in [0.15, 0.2) is 11.9 Å². The number of aliphatic hydroxyl groups is 1. The van der Waals surface area contributed by atoms with Crippen LogP contribution in [0.2, 0.25) is 10.0 Å². The maximum Gasteiger partial charge on any atom is 0.416 e. The molecule has 0 aliphatic heterocycles. The lowest BCUT2D eigenvalue weighted by Crippen LogP contribution is -2.52. The van der Waals surface area contributed by atoms with Gasteiger partial charge in [-0.1, -0.05) is 41.4 Å². The molecular weight excluding hydrogens is 554 g/mol. The summed E-state index contributed by atoms with van der Waals surface area (Å²) in [6.45, 7) is -0.694. The van der Waals surface area contributed by atoms with Gasteiger partial charge in [-0.2, -0.15) is 13.2 Å². The number of aromatic nitrogens is 3. The number of benzene rings is 2.